The van der Waals surface area contributed by atoms with Crippen molar-refractivity contribution >= 4 is 27.6 Å². The van der Waals surface area contributed by atoms with Gasteiger partial charge in [0, 0.05) is 31.3 Å². The van der Waals surface area contributed by atoms with Gasteiger partial charge in [0.2, 0.25) is 34.2 Å². The molecule has 0 aromatic carbocycles. The van der Waals surface area contributed by atoms with Crippen molar-refractivity contribution in [2.75, 3.05) is 26.1 Å². The zero-order chi connectivity index (χ0) is 26.9. The summed E-state index contributed by atoms with van der Waals surface area (Å²) in [5, 5.41) is 7.02. The van der Waals surface area contributed by atoms with Crippen LogP contribution in [0.1, 0.15) is 37.0 Å². The summed E-state index contributed by atoms with van der Waals surface area (Å²) in [6.45, 7) is 1.39. The predicted octanol–water partition coefficient (Wildman–Crippen LogP) is 2.40. The molecule has 4 rings (SSSR count). The molecular weight excluding hydrogens is 538 g/mol. The molecule has 0 spiro atoms. The lowest BCUT2D eigenvalue weighted by atomic mass is 10.2. The number of aromatic nitrogens is 7. The van der Waals surface area contributed by atoms with E-state index in [9.17, 15) is 17.2 Å². The summed E-state index contributed by atoms with van der Waals surface area (Å²) < 4.78 is 73.3. The number of nitrogens with zero attached hydrogens (tertiary/aromatic N) is 7. The Morgan fingerprint density at radius 2 is 1.70 bits per heavy atom. The third kappa shape index (κ3) is 5.26. The van der Waals surface area contributed by atoms with Gasteiger partial charge in [-0.1, -0.05) is 11.6 Å². The number of rotatable bonds is 11. The Labute approximate surface area is 215 Å². The maximum absolute atomic E-state index is 13.4. The van der Waals surface area contributed by atoms with E-state index < -0.39 is 39.6 Å². The second-order valence-electron chi connectivity index (χ2n) is 8.07. The fourth-order valence-electron chi connectivity index (χ4n) is 3.81. The van der Waals surface area contributed by atoms with Crippen LogP contribution >= 0.6 is 11.6 Å². The molecule has 1 saturated carbocycles. The van der Waals surface area contributed by atoms with Gasteiger partial charge in [-0.3, -0.25) is 9.29 Å². The van der Waals surface area contributed by atoms with Crippen LogP contribution in [0.4, 0.5) is 14.7 Å². The van der Waals surface area contributed by atoms with E-state index in [-0.39, 0.29) is 46.5 Å². The summed E-state index contributed by atoms with van der Waals surface area (Å²) in [6, 6.07) is 0. The normalized spacial score (nSPS) is 18.9. The smallest absolute Gasteiger partial charge is 0.245 e. The van der Waals surface area contributed by atoms with Crippen molar-refractivity contribution in [2.24, 2.45) is 5.92 Å². The van der Waals surface area contributed by atoms with Gasteiger partial charge in [0.1, 0.15) is 23.5 Å². The molecule has 1 N–H and O–H groups in total. The molecule has 17 heteroatoms. The van der Waals surface area contributed by atoms with Crippen molar-refractivity contribution in [3.63, 3.8) is 0 Å². The van der Waals surface area contributed by atoms with Gasteiger partial charge in [-0.05, 0) is 13.3 Å². The molecule has 0 unspecified atom stereocenters. The Hall–Kier alpha value is -3.24. The second kappa shape index (κ2) is 10.6. The van der Waals surface area contributed by atoms with E-state index in [1.165, 1.54) is 51.5 Å². The van der Waals surface area contributed by atoms with Gasteiger partial charge in [-0.15, -0.1) is 10.2 Å². The Morgan fingerprint density at radius 1 is 1.08 bits per heavy atom. The third-order valence-electron chi connectivity index (χ3n) is 5.85. The van der Waals surface area contributed by atoms with Crippen LogP contribution in [-0.4, -0.2) is 76.1 Å². The summed E-state index contributed by atoms with van der Waals surface area (Å²) in [4.78, 5) is 16.2. The number of hydrogen-bond donors (Lipinski definition) is 1. The minimum absolute atomic E-state index is 0.0139. The standard InChI is InChI=1S/C20H23ClF2N8O5S/c1-9(14(34-2)16-24-6-10(21)7-25-16)37(32,33)30-20-29-28-17(12-5-11(12)15(22)23)31(20)13-18(35-3)26-8-27-19(13)36-4/h6-9,11-12,14-15H,5H2,1-4H3,(H,29,30)/t9-,11+,12-,14-/m0/s1. The first-order valence-electron chi connectivity index (χ1n) is 10.8. The van der Waals surface area contributed by atoms with Crippen LogP contribution in [0.3, 0.4) is 0 Å². The zero-order valence-electron chi connectivity index (χ0n) is 20.0. The van der Waals surface area contributed by atoms with E-state index in [1.807, 2.05) is 0 Å². The molecule has 0 bridgehead atoms. The molecule has 13 nitrogen and oxygen atoms in total. The quantitative estimate of drug-likeness (QED) is 0.367. The Bertz CT molecular complexity index is 1340. The Kier molecular flexibility index (Phi) is 7.70. The lowest BCUT2D eigenvalue weighted by Crippen LogP contribution is -2.33. The topological polar surface area (TPSA) is 156 Å². The SMILES string of the molecule is COc1ncnc(OC)c1-n1c(NS(=O)(=O)[C@@H](C)[C@H](OC)c2ncc(Cl)cn2)nnc1[C@H]1C[C@H]1C(F)F. The van der Waals surface area contributed by atoms with Crippen LogP contribution in [-0.2, 0) is 14.8 Å². The van der Waals surface area contributed by atoms with Crippen molar-refractivity contribution in [1.29, 1.82) is 0 Å². The van der Waals surface area contributed by atoms with Gasteiger partial charge in [-0.25, -0.2) is 27.2 Å². The van der Waals surface area contributed by atoms with E-state index >= 15 is 0 Å². The first-order chi connectivity index (χ1) is 17.6. The monoisotopic (exact) mass is 560 g/mol. The Morgan fingerprint density at radius 3 is 2.22 bits per heavy atom. The number of halogens is 3. The molecule has 0 aliphatic heterocycles. The van der Waals surface area contributed by atoms with Crippen LogP contribution in [0, 0.1) is 5.92 Å². The molecule has 200 valence electrons. The predicted molar refractivity (Wildman–Crippen MR) is 126 cm³/mol. The number of sulfonamides is 1. The average molecular weight is 561 g/mol. The third-order valence-corrected chi connectivity index (χ3v) is 7.74. The lowest BCUT2D eigenvalue weighted by molar-refractivity contribution is 0.0950. The van der Waals surface area contributed by atoms with Crippen molar-refractivity contribution in [3.8, 4) is 17.4 Å². The van der Waals surface area contributed by atoms with Crippen LogP contribution in [0.15, 0.2) is 18.7 Å². The first-order valence-corrected chi connectivity index (χ1v) is 12.7. The second-order valence-corrected chi connectivity index (χ2v) is 10.5. The van der Waals surface area contributed by atoms with E-state index in [0.717, 1.165) is 0 Å². The molecule has 1 fully saturated rings. The molecule has 1 aliphatic rings. The van der Waals surface area contributed by atoms with Crippen LogP contribution in [0.2, 0.25) is 5.02 Å². The molecular formula is C20H23ClF2N8O5S. The molecule has 3 aromatic rings. The van der Waals surface area contributed by atoms with Gasteiger partial charge in [0.15, 0.2) is 11.5 Å². The highest BCUT2D eigenvalue weighted by Gasteiger charge is 2.49. The number of anilines is 1. The summed E-state index contributed by atoms with van der Waals surface area (Å²) in [6.07, 6.45) is 0.264. The van der Waals surface area contributed by atoms with Crippen LogP contribution in [0.25, 0.3) is 5.69 Å². The fourth-order valence-corrected chi connectivity index (χ4v) is 5.04. The van der Waals surface area contributed by atoms with Crippen molar-refractivity contribution in [3.05, 3.63) is 35.4 Å². The first kappa shape index (κ1) is 26.8. The van der Waals surface area contributed by atoms with E-state index in [2.05, 4.69) is 34.9 Å². The number of ether oxygens (including phenoxy) is 3. The summed E-state index contributed by atoms with van der Waals surface area (Å²) in [7, 11) is -0.289. The maximum Gasteiger partial charge on any atom is 0.245 e. The molecule has 3 heterocycles. The average Bonchev–Trinajstić information content (AvgIpc) is 3.59. The lowest BCUT2D eigenvalue weighted by Gasteiger charge is -2.22. The van der Waals surface area contributed by atoms with Gasteiger partial charge < -0.3 is 14.2 Å². The Balaban J connectivity index is 1.77. The maximum atomic E-state index is 13.4. The molecule has 0 amide bonds. The van der Waals surface area contributed by atoms with Crippen molar-refractivity contribution < 1.29 is 31.4 Å². The van der Waals surface area contributed by atoms with Crippen LogP contribution in [0.5, 0.6) is 11.8 Å². The minimum atomic E-state index is -4.26. The van der Waals surface area contributed by atoms with Crippen LogP contribution < -0.4 is 14.2 Å². The van der Waals surface area contributed by atoms with E-state index in [4.69, 9.17) is 25.8 Å². The van der Waals surface area contributed by atoms with Gasteiger partial charge in [-0.2, -0.15) is 9.97 Å². The zero-order valence-corrected chi connectivity index (χ0v) is 21.6. The highest BCUT2D eigenvalue weighted by molar-refractivity contribution is 7.93. The number of hydrogen-bond acceptors (Lipinski definition) is 11. The number of nitrogens with one attached hydrogen (secondary N) is 1. The van der Waals surface area contributed by atoms with Gasteiger partial charge >= 0.3 is 0 Å². The highest BCUT2D eigenvalue weighted by atomic mass is 35.5. The number of methoxy groups -OCH3 is 3. The molecule has 3 aromatic heterocycles. The van der Waals surface area contributed by atoms with Crippen molar-refractivity contribution in [2.45, 2.75) is 37.0 Å². The largest absolute Gasteiger partial charge is 0.479 e. The van der Waals surface area contributed by atoms with E-state index in [0.29, 0.717) is 0 Å². The van der Waals surface area contributed by atoms with Gasteiger partial charge in [0.05, 0.1) is 19.2 Å². The number of alkyl halides is 2. The fraction of sp³-hybridized carbons (Fsp3) is 0.500. The molecule has 1 aliphatic carbocycles. The molecule has 37 heavy (non-hydrogen) atoms. The summed E-state index contributed by atoms with van der Waals surface area (Å²) in [5.41, 5.74) is 0.0436. The van der Waals surface area contributed by atoms with Gasteiger partial charge in [0.25, 0.3) is 0 Å². The molecule has 0 radical (unpaired) electrons. The van der Waals surface area contributed by atoms with Crippen molar-refractivity contribution in [1.82, 2.24) is 34.7 Å². The molecule has 0 saturated heterocycles. The summed E-state index contributed by atoms with van der Waals surface area (Å²) in [5.74, 6) is -1.82. The molecule has 4 atom stereocenters. The minimum Gasteiger partial charge on any atom is -0.479 e. The summed E-state index contributed by atoms with van der Waals surface area (Å²) >= 11 is 5.83. The highest BCUT2D eigenvalue weighted by Crippen LogP contribution is 2.51. The van der Waals surface area contributed by atoms with E-state index in [1.54, 1.807) is 0 Å².